The predicted molar refractivity (Wildman–Crippen MR) is 157 cm³/mol. The minimum absolute atomic E-state index is 0. The van der Waals surface area contributed by atoms with Gasteiger partial charge in [-0.1, -0.05) is 86.2 Å². The second-order valence-corrected chi connectivity index (χ2v) is 8.20. The first-order chi connectivity index (χ1) is 14.2. The molecule has 1 unspecified atom stereocenters. The number of fused-ring (bicyclic) bond motifs is 1. The molecule has 2 radical (unpaired) electrons. The van der Waals surface area contributed by atoms with Gasteiger partial charge in [-0.05, 0) is 20.8 Å². The molecule has 1 aliphatic rings. The molecule has 4 heteroatoms. The molecule has 0 saturated carbocycles. The van der Waals surface area contributed by atoms with Gasteiger partial charge in [0.05, 0.1) is 0 Å². The molecule has 3 aromatic carbocycles. The van der Waals surface area contributed by atoms with Gasteiger partial charge in [-0.25, -0.2) is 5.57 Å². The van der Waals surface area contributed by atoms with E-state index in [0.717, 1.165) is 0 Å². The molecule has 0 aromatic heterocycles. The molecule has 4 rings (SSSR count). The SMILES string of the molecule is CC1=[C-]C(C)C(C)=C1C.Cc1c(C)c(C)c2c(-c3ccccc3)c[cH-]c2c1C.Cl.Cl.[CH3-].[CH3-].[Si]=[Zr]. The van der Waals surface area contributed by atoms with E-state index in [1.807, 2.05) is 0 Å². The van der Waals surface area contributed by atoms with E-state index in [2.05, 4.69) is 111 Å². The van der Waals surface area contributed by atoms with Crippen molar-refractivity contribution in [3.63, 3.8) is 0 Å². The fourth-order valence-corrected chi connectivity index (χ4v) is 4.17. The first-order valence-electron chi connectivity index (χ1n) is 10.5. The third-order valence-electron chi connectivity index (χ3n) is 6.74. The topological polar surface area (TPSA) is 0 Å². The Labute approximate surface area is 239 Å². The van der Waals surface area contributed by atoms with E-state index >= 15 is 0 Å². The van der Waals surface area contributed by atoms with Gasteiger partial charge in [0.25, 0.3) is 0 Å². The fourth-order valence-electron chi connectivity index (χ4n) is 4.17. The molecule has 0 N–H and O–H groups in total. The van der Waals surface area contributed by atoms with E-state index in [1.165, 1.54) is 84.2 Å². The number of benzene rings is 2. The Bertz CT molecular complexity index is 1110. The van der Waals surface area contributed by atoms with Crippen molar-refractivity contribution >= 4 is 42.5 Å². The van der Waals surface area contributed by atoms with Crippen LogP contribution >= 0.6 is 24.8 Å². The van der Waals surface area contributed by atoms with Crippen LogP contribution in [0.25, 0.3) is 21.9 Å². The number of rotatable bonds is 1. The molecule has 1 aliphatic carbocycles. The van der Waals surface area contributed by atoms with Crippen LogP contribution in [0.3, 0.4) is 0 Å². The fraction of sp³-hybridized carbons (Fsp3) is 0.300. The van der Waals surface area contributed by atoms with E-state index < -0.39 is 0 Å². The Kier molecular flexibility index (Phi) is 18.7. The van der Waals surface area contributed by atoms with Crippen molar-refractivity contribution in [2.75, 3.05) is 0 Å². The maximum atomic E-state index is 3.36. The van der Waals surface area contributed by atoms with Gasteiger partial charge in [0, 0.05) is 0 Å². The molecule has 0 fully saturated rings. The zero-order valence-electron chi connectivity index (χ0n) is 22.4. The van der Waals surface area contributed by atoms with E-state index in [9.17, 15) is 0 Å². The van der Waals surface area contributed by atoms with Crippen molar-refractivity contribution in [3.05, 3.63) is 102 Å². The monoisotopic (exact) mass is 588 g/mol. The Morgan fingerprint density at radius 2 is 1.29 bits per heavy atom. The maximum absolute atomic E-state index is 3.36. The zero-order chi connectivity index (χ0) is 22.6. The van der Waals surface area contributed by atoms with Gasteiger partial charge in [-0.3, -0.25) is 6.08 Å². The molecule has 186 valence electrons. The van der Waals surface area contributed by atoms with Crippen LogP contribution in [0.4, 0.5) is 0 Å². The van der Waals surface area contributed by atoms with Crippen molar-refractivity contribution in [2.24, 2.45) is 5.92 Å². The molecular weight excluding hydrogens is 551 g/mol. The summed E-state index contributed by atoms with van der Waals surface area (Å²) in [6.45, 7) is 20.7. The van der Waals surface area contributed by atoms with E-state index in [0.29, 0.717) is 5.92 Å². The van der Waals surface area contributed by atoms with Gasteiger partial charge in [0.2, 0.25) is 0 Å². The summed E-state index contributed by atoms with van der Waals surface area (Å²) >= 11 is 1.36. The molecular formula is C30H40Cl2SiZr-4. The van der Waals surface area contributed by atoms with Gasteiger partial charge in [-0.15, -0.1) is 65.8 Å². The Morgan fingerprint density at radius 3 is 1.71 bits per heavy atom. The van der Waals surface area contributed by atoms with Crippen LogP contribution in [0.2, 0.25) is 0 Å². The summed E-state index contributed by atoms with van der Waals surface area (Å²) in [6.07, 6.45) is 3.36. The van der Waals surface area contributed by atoms with Gasteiger partial charge in [-0.2, -0.15) is 11.1 Å². The average Bonchev–Trinajstić information content (AvgIpc) is 3.31. The second kappa shape index (κ2) is 16.8. The van der Waals surface area contributed by atoms with Gasteiger partial charge >= 0.3 is 30.2 Å². The first kappa shape index (κ1) is 37.8. The quantitative estimate of drug-likeness (QED) is 0.196. The summed E-state index contributed by atoms with van der Waals surface area (Å²) < 4.78 is 0. The summed E-state index contributed by atoms with van der Waals surface area (Å²) in [5.74, 6) is 0.560. The standard InChI is InChI=1S/C19H19.C9H13.2CH3.2ClH.Si.Zr/c1-12-13(2)15(4)19-17(14(12)3)10-11-18(19)16-8-6-5-7-9-16;1-6-5-7(2)9(4)8(6)3;;;;;;/h5-11H,1-4H3;6H,1-4H3;2*1H3;2*1H;;/q4*-1;;;;. The zero-order valence-corrected chi connectivity index (χ0v) is 27.5. The molecule has 1 atom stereocenters. The molecule has 0 amide bonds. The Balaban J connectivity index is -0.000000555. The molecule has 0 bridgehead atoms. The van der Waals surface area contributed by atoms with Gasteiger partial charge in [0.15, 0.2) is 0 Å². The van der Waals surface area contributed by atoms with Crippen molar-refractivity contribution in [1.29, 1.82) is 0 Å². The molecule has 3 aromatic rings. The third kappa shape index (κ3) is 7.86. The molecule has 0 spiro atoms. The molecule has 0 saturated heterocycles. The normalized spacial score (nSPS) is 13.5. The first-order valence-corrected chi connectivity index (χ1v) is 14.7. The number of hydrogen-bond donors (Lipinski definition) is 0. The van der Waals surface area contributed by atoms with E-state index in [4.69, 9.17) is 0 Å². The molecule has 34 heavy (non-hydrogen) atoms. The van der Waals surface area contributed by atoms with E-state index in [-0.39, 0.29) is 39.7 Å². The van der Waals surface area contributed by atoms with Crippen LogP contribution < -0.4 is 0 Å². The van der Waals surface area contributed by atoms with Gasteiger partial charge < -0.3 is 14.9 Å². The Hall–Kier alpha value is -0.790. The van der Waals surface area contributed by atoms with Crippen LogP contribution in [0.5, 0.6) is 0 Å². The molecule has 0 heterocycles. The third-order valence-corrected chi connectivity index (χ3v) is 6.74. The number of hydrogen-bond acceptors (Lipinski definition) is 0. The number of halogens is 2. The summed E-state index contributed by atoms with van der Waals surface area (Å²) in [7, 11) is 0. The summed E-state index contributed by atoms with van der Waals surface area (Å²) in [6, 6.07) is 15.2. The number of aryl methyl sites for hydroxylation is 2. The van der Waals surface area contributed by atoms with E-state index in [1.54, 1.807) is 0 Å². The van der Waals surface area contributed by atoms with Crippen molar-refractivity contribution in [2.45, 2.75) is 55.4 Å². The predicted octanol–water partition coefficient (Wildman–Crippen LogP) is 9.54. The van der Waals surface area contributed by atoms with Crippen molar-refractivity contribution in [3.8, 4) is 11.1 Å². The van der Waals surface area contributed by atoms with Crippen LogP contribution in [-0.2, 0) is 23.3 Å². The minimum atomic E-state index is 0. The number of allylic oxidation sites excluding steroid dienone is 4. The van der Waals surface area contributed by atoms with Crippen molar-refractivity contribution in [1.82, 2.24) is 0 Å². The summed E-state index contributed by atoms with van der Waals surface area (Å²) in [5, 5.41) is 2.83. The summed E-state index contributed by atoms with van der Waals surface area (Å²) in [4.78, 5) is 0. The van der Waals surface area contributed by atoms with Crippen LogP contribution in [0.15, 0.2) is 59.2 Å². The van der Waals surface area contributed by atoms with Crippen LogP contribution in [0, 0.1) is 54.5 Å². The second-order valence-electron chi connectivity index (χ2n) is 8.20. The Morgan fingerprint density at radius 1 is 0.794 bits per heavy atom. The van der Waals surface area contributed by atoms with Crippen LogP contribution in [0.1, 0.15) is 49.9 Å². The molecule has 0 nitrogen and oxygen atoms in total. The van der Waals surface area contributed by atoms with Gasteiger partial charge in [0.1, 0.15) is 0 Å². The average molecular weight is 591 g/mol. The molecule has 0 aliphatic heterocycles. The van der Waals surface area contributed by atoms with Crippen LogP contribution in [-0.4, -0.2) is 6.88 Å². The summed E-state index contributed by atoms with van der Waals surface area (Å²) in [5.41, 5.74) is 12.6. The van der Waals surface area contributed by atoms with Crippen molar-refractivity contribution < 1.29 is 23.3 Å².